The molecule has 7 heteroatoms. The van der Waals surface area contributed by atoms with Crippen LogP contribution in [0.3, 0.4) is 0 Å². The molecule has 2 rings (SSSR count). The molecular weight excluding hydrogens is 314 g/mol. The van der Waals surface area contributed by atoms with E-state index in [0.29, 0.717) is 32.4 Å². The van der Waals surface area contributed by atoms with Gasteiger partial charge in [0.15, 0.2) is 0 Å². The first-order chi connectivity index (χ1) is 10.8. The van der Waals surface area contributed by atoms with Crippen LogP contribution < -0.4 is 5.32 Å². The molecule has 0 unspecified atom stereocenters. The number of amides is 1. The van der Waals surface area contributed by atoms with Gasteiger partial charge in [-0.05, 0) is 25.3 Å². The van der Waals surface area contributed by atoms with Gasteiger partial charge >= 0.3 is 0 Å². The van der Waals surface area contributed by atoms with Crippen molar-refractivity contribution in [2.45, 2.75) is 32.2 Å². The fourth-order valence-corrected chi connectivity index (χ4v) is 3.88. The maximum absolute atomic E-state index is 12.1. The number of hydrogen-bond acceptors (Lipinski definition) is 3. The predicted molar refractivity (Wildman–Crippen MR) is 90.2 cm³/mol. The average Bonchev–Trinajstić information content (AvgIpc) is 2.47. The molecule has 1 N–H and O–H groups in total. The van der Waals surface area contributed by atoms with Gasteiger partial charge in [0.2, 0.25) is 5.91 Å². The third kappa shape index (κ3) is 4.76. The Hall–Kier alpha value is -1.44. The summed E-state index contributed by atoms with van der Waals surface area (Å²) in [5.41, 5.74) is 2.13. The van der Waals surface area contributed by atoms with Crippen molar-refractivity contribution >= 4 is 16.1 Å². The molecule has 1 fully saturated rings. The number of aryl methyl sites for hydroxylation is 1. The molecule has 1 amide bonds. The highest BCUT2D eigenvalue weighted by molar-refractivity contribution is 7.86. The van der Waals surface area contributed by atoms with Crippen LogP contribution in [-0.4, -0.2) is 56.2 Å². The molecule has 23 heavy (non-hydrogen) atoms. The minimum atomic E-state index is -3.35. The lowest BCUT2D eigenvalue weighted by atomic mass is 10.1. The van der Waals surface area contributed by atoms with E-state index in [1.54, 1.807) is 0 Å². The summed E-state index contributed by atoms with van der Waals surface area (Å²) in [6, 6.07) is 7.94. The Morgan fingerprint density at radius 2 is 1.96 bits per heavy atom. The number of nitrogens with one attached hydrogen (secondary N) is 1. The highest BCUT2D eigenvalue weighted by Crippen LogP contribution is 2.15. The maximum atomic E-state index is 12.1. The minimum absolute atomic E-state index is 0.00971. The van der Waals surface area contributed by atoms with Crippen molar-refractivity contribution in [1.29, 1.82) is 0 Å². The number of piperidine rings is 1. The van der Waals surface area contributed by atoms with Gasteiger partial charge in [0.25, 0.3) is 10.2 Å². The Morgan fingerprint density at radius 3 is 2.52 bits per heavy atom. The summed E-state index contributed by atoms with van der Waals surface area (Å²) in [4.78, 5) is 12.1. The number of carbonyl (C=O) groups excluding carboxylic acids is 1. The molecule has 1 aliphatic rings. The average molecular weight is 339 g/mol. The number of nitrogens with zero attached hydrogens (tertiary/aromatic N) is 2. The number of rotatable bonds is 5. The third-order valence-electron chi connectivity index (χ3n) is 4.05. The molecule has 6 nitrogen and oxygen atoms in total. The van der Waals surface area contributed by atoms with Crippen LogP contribution in [0.15, 0.2) is 24.3 Å². The summed E-state index contributed by atoms with van der Waals surface area (Å²) < 4.78 is 26.8. The second-order valence-electron chi connectivity index (χ2n) is 6.20. The Labute approximate surface area is 138 Å². The first kappa shape index (κ1) is 17.9. The SMILES string of the molecule is Cc1cccc(CC(=O)NC2CCN(S(=O)(=O)N(C)C)CC2)c1. The van der Waals surface area contributed by atoms with E-state index < -0.39 is 10.2 Å². The lowest BCUT2D eigenvalue weighted by Crippen LogP contribution is -2.49. The number of hydrogen-bond donors (Lipinski definition) is 1. The minimum Gasteiger partial charge on any atom is -0.353 e. The van der Waals surface area contributed by atoms with Gasteiger partial charge in [0, 0.05) is 33.2 Å². The number of carbonyl (C=O) groups is 1. The van der Waals surface area contributed by atoms with E-state index in [1.807, 2.05) is 31.2 Å². The van der Waals surface area contributed by atoms with E-state index in [4.69, 9.17) is 0 Å². The maximum Gasteiger partial charge on any atom is 0.281 e. The van der Waals surface area contributed by atoms with Gasteiger partial charge in [-0.25, -0.2) is 0 Å². The molecule has 0 radical (unpaired) electrons. The molecular formula is C16H25N3O3S. The first-order valence-corrected chi connectivity index (χ1v) is 9.21. The van der Waals surface area contributed by atoms with Crippen LogP contribution in [0.4, 0.5) is 0 Å². The summed E-state index contributed by atoms with van der Waals surface area (Å²) in [5, 5.41) is 3.01. The van der Waals surface area contributed by atoms with E-state index >= 15 is 0 Å². The summed E-state index contributed by atoms with van der Waals surface area (Å²) in [5.74, 6) is -0.00971. The van der Waals surface area contributed by atoms with Gasteiger partial charge in [-0.1, -0.05) is 29.8 Å². The molecule has 1 aromatic rings. The summed E-state index contributed by atoms with van der Waals surface area (Å²) in [7, 11) is -0.286. The molecule has 128 valence electrons. The predicted octanol–water partition coefficient (Wildman–Crippen LogP) is 0.925. The Bertz CT molecular complexity index is 650. The van der Waals surface area contributed by atoms with E-state index in [-0.39, 0.29) is 11.9 Å². The highest BCUT2D eigenvalue weighted by Gasteiger charge is 2.29. The summed E-state index contributed by atoms with van der Waals surface area (Å²) >= 11 is 0. The van der Waals surface area contributed by atoms with Crippen molar-refractivity contribution in [2.24, 2.45) is 0 Å². The lowest BCUT2D eigenvalue weighted by Gasteiger charge is -2.33. The van der Waals surface area contributed by atoms with Crippen molar-refractivity contribution in [3.63, 3.8) is 0 Å². The zero-order chi connectivity index (χ0) is 17.0. The third-order valence-corrected chi connectivity index (χ3v) is 5.99. The Balaban J connectivity index is 1.83. The largest absolute Gasteiger partial charge is 0.353 e. The van der Waals surface area contributed by atoms with Crippen molar-refractivity contribution in [2.75, 3.05) is 27.2 Å². The van der Waals surface area contributed by atoms with Gasteiger partial charge < -0.3 is 5.32 Å². The highest BCUT2D eigenvalue weighted by atomic mass is 32.2. The second-order valence-corrected chi connectivity index (χ2v) is 8.34. The topological polar surface area (TPSA) is 69.7 Å². The molecule has 1 aromatic carbocycles. The van der Waals surface area contributed by atoms with Gasteiger partial charge in [0.05, 0.1) is 6.42 Å². The van der Waals surface area contributed by atoms with Gasteiger partial charge in [-0.3, -0.25) is 4.79 Å². The van der Waals surface area contributed by atoms with E-state index in [9.17, 15) is 13.2 Å². The quantitative estimate of drug-likeness (QED) is 0.867. The molecule has 0 saturated carbocycles. The second kappa shape index (κ2) is 7.42. The number of benzene rings is 1. The van der Waals surface area contributed by atoms with Crippen LogP contribution in [0.25, 0.3) is 0 Å². The molecule has 0 aromatic heterocycles. The molecule has 0 atom stereocenters. The van der Waals surface area contributed by atoms with E-state index in [1.165, 1.54) is 22.7 Å². The first-order valence-electron chi connectivity index (χ1n) is 7.81. The van der Waals surface area contributed by atoms with Crippen molar-refractivity contribution in [3.8, 4) is 0 Å². The Morgan fingerprint density at radius 1 is 1.30 bits per heavy atom. The fourth-order valence-electron chi connectivity index (χ4n) is 2.75. The van der Waals surface area contributed by atoms with Crippen molar-refractivity contribution in [3.05, 3.63) is 35.4 Å². The van der Waals surface area contributed by atoms with Crippen LogP contribution in [-0.2, 0) is 21.4 Å². The van der Waals surface area contributed by atoms with Crippen LogP contribution in [0.1, 0.15) is 24.0 Å². The normalized spacial score (nSPS) is 17.4. The molecule has 1 heterocycles. The monoisotopic (exact) mass is 339 g/mol. The van der Waals surface area contributed by atoms with Crippen molar-refractivity contribution in [1.82, 2.24) is 13.9 Å². The summed E-state index contributed by atoms with van der Waals surface area (Å²) in [6.07, 6.45) is 1.65. The fraction of sp³-hybridized carbons (Fsp3) is 0.562. The zero-order valence-electron chi connectivity index (χ0n) is 13.9. The molecule has 1 saturated heterocycles. The van der Waals surface area contributed by atoms with Crippen LogP contribution in [0.5, 0.6) is 0 Å². The molecule has 0 aliphatic carbocycles. The Kier molecular flexibility index (Phi) is 5.78. The molecule has 0 bridgehead atoms. The van der Waals surface area contributed by atoms with Gasteiger partial charge in [-0.15, -0.1) is 0 Å². The molecule has 0 spiro atoms. The van der Waals surface area contributed by atoms with Gasteiger partial charge in [0.1, 0.15) is 0 Å². The van der Waals surface area contributed by atoms with Crippen LogP contribution in [0.2, 0.25) is 0 Å². The smallest absolute Gasteiger partial charge is 0.281 e. The van der Waals surface area contributed by atoms with Crippen molar-refractivity contribution < 1.29 is 13.2 Å². The zero-order valence-corrected chi connectivity index (χ0v) is 14.8. The lowest BCUT2D eigenvalue weighted by molar-refractivity contribution is -0.121. The van der Waals surface area contributed by atoms with Crippen LogP contribution >= 0.6 is 0 Å². The van der Waals surface area contributed by atoms with Crippen LogP contribution in [0, 0.1) is 6.92 Å². The standard InChI is InChI=1S/C16H25N3O3S/c1-13-5-4-6-14(11-13)12-16(20)17-15-7-9-19(10-8-15)23(21,22)18(2)3/h4-6,11,15H,7-10,12H2,1-3H3,(H,17,20). The van der Waals surface area contributed by atoms with E-state index in [2.05, 4.69) is 5.32 Å². The van der Waals surface area contributed by atoms with Gasteiger partial charge in [-0.2, -0.15) is 17.0 Å². The summed E-state index contributed by atoms with van der Waals surface area (Å²) in [6.45, 7) is 2.88. The van der Waals surface area contributed by atoms with E-state index in [0.717, 1.165) is 11.1 Å². The molecule has 1 aliphatic heterocycles.